The molecule has 2 heterocycles. The summed E-state index contributed by atoms with van der Waals surface area (Å²) < 4.78 is 0. The number of benzene rings is 1. The van der Waals surface area contributed by atoms with Gasteiger partial charge in [0.2, 0.25) is 0 Å². The minimum atomic E-state index is 0.143. The highest BCUT2D eigenvalue weighted by atomic mass is 16.1. The Kier molecular flexibility index (Phi) is 4.30. The summed E-state index contributed by atoms with van der Waals surface area (Å²) in [6.07, 6.45) is 4.90. The van der Waals surface area contributed by atoms with E-state index in [1.165, 1.54) is 5.56 Å². The lowest BCUT2D eigenvalue weighted by atomic mass is 9.81. The van der Waals surface area contributed by atoms with Crippen molar-refractivity contribution < 1.29 is 4.79 Å². The highest BCUT2D eigenvalue weighted by Gasteiger charge is 2.38. The Hall–Kier alpha value is -2.20. The van der Waals surface area contributed by atoms with Gasteiger partial charge in [-0.3, -0.25) is 14.7 Å². The minimum absolute atomic E-state index is 0.143. The number of anilines is 1. The smallest absolute Gasteiger partial charge is 0.166 e. The molecule has 4 nitrogen and oxygen atoms in total. The first-order valence-corrected chi connectivity index (χ1v) is 9.21. The van der Waals surface area contributed by atoms with Crippen LogP contribution in [0.5, 0.6) is 0 Å². The van der Waals surface area contributed by atoms with Crippen LogP contribution in [0.4, 0.5) is 5.69 Å². The molecule has 4 rings (SSSR count). The van der Waals surface area contributed by atoms with Crippen LogP contribution in [0.15, 0.2) is 42.6 Å². The Morgan fingerprint density at radius 1 is 1.20 bits per heavy atom. The summed E-state index contributed by atoms with van der Waals surface area (Å²) >= 11 is 0. The fourth-order valence-electron chi connectivity index (χ4n) is 4.43. The number of nitrogen functional groups attached to an aromatic ring is 1. The number of Topliss-reactive ketones (excluding diaryl/α,β-unsaturated/α-hetero) is 1. The molecule has 1 aliphatic carbocycles. The molecule has 0 spiro atoms. The number of likely N-dealkylation sites (tertiary alicyclic amines) is 1. The van der Waals surface area contributed by atoms with E-state index in [2.05, 4.69) is 22.9 Å². The van der Waals surface area contributed by atoms with Gasteiger partial charge in [0.05, 0.1) is 5.69 Å². The maximum atomic E-state index is 12.8. The molecule has 1 aromatic carbocycles. The number of rotatable bonds is 3. The van der Waals surface area contributed by atoms with E-state index in [1.807, 2.05) is 36.5 Å². The van der Waals surface area contributed by atoms with Crippen LogP contribution >= 0.6 is 0 Å². The Bertz CT molecular complexity index is 766. The number of hydrogen-bond donors (Lipinski definition) is 1. The molecule has 0 radical (unpaired) electrons. The Labute approximate surface area is 149 Å². The van der Waals surface area contributed by atoms with Crippen molar-refractivity contribution in [1.29, 1.82) is 0 Å². The highest BCUT2D eigenvalue weighted by Crippen LogP contribution is 2.38. The van der Waals surface area contributed by atoms with Gasteiger partial charge in [-0.05, 0) is 75.0 Å². The number of hydrogen-bond acceptors (Lipinski definition) is 4. The number of fused-ring (bicyclic) bond motifs is 1. The second-order valence-corrected chi connectivity index (χ2v) is 7.40. The zero-order chi connectivity index (χ0) is 17.4. The lowest BCUT2D eigenvalue weighted by Gasteiger charge is -2.37. The van der Waals surface area contributed by atoms with Crippen molar-refractivity contribution in [3.8, 4) is 0 Å². The number of piperidine rings is 1. The predicted molar refractivity (Wildman–Crippen MR) is 99.3 cm³/mol. The third kappa shape index (κ3) is 3.07. The molecule has 1 aliphatic heterocycles. The van der Waals surface area contributed by atoms with E-state index in [4.69, 9.17) is 5.73 Å². The van der Waals surface area contributed by atoms with Gasteiger partial charge in [-0.1, -0.05) is 12.1 Å². The van der Waals surface area contributed by atoms with Gasteiger partial charge >= 0.3 is 0 Å². The molecule has 0 saturated carbocycles. The van der Waals surface area contributed by atoms with Crippen molar-refractivity contribution in [2.45, 2.75) is 32.2 Å². The monoisotopic (exact) mass is 335 g/mol. The third-order valence-electron chi connectivity index (χ3n) is 5.98. The molecule has 2 aliphatic rings. The van der Waals surface area contributed by atoms with E-state index in [0.29, 0.717) is 23.4 Å². The molecule has 2 N–H and O–H groups in total. The SMILES string of the molecule is CC(c1ccccn1)N1CCC(C2Cc3ccc(N)cc3C2=O)CC1. The average molecular weight is 335 g/mol. The second kappa shape index (κ2) is 6.60. The zero-order valence-corrected chi connectivity index (χ0v) is 14.7. The largest absolute Gasteiger partial charge is 0.399 e. The molecule has 1 aromatic heterocycles. The van der Waals surface area contributed by atoms with E-state index in [0.717, 1.165) is 43.6 Å². The van der Waals surface area contributed by atoms with Crippen molar-refractivity contribution in [1.82, 2.24) is 9.88 Å². The van der Waals surface area contributed by atoms with Gasteiger partial charge in [0.15, 0.2) is 5.78 Å². The number of aromatic nitrogens is 1. The summed E-state index contributed by atoms with van der Waals surface area (Å²) in [4.78, 5) is 19.8. The first-order valence-electron chi connectivity index (χ1n) is 9.21. The molecule has 1 saturated heterocycles. The summed E-state index contributed by atoms with van der Waals surface area (Å²) in [6.45, 7) is 4.29. The molecule has 0 amide bonds. The fourth-order valence-corrected chi connectivity index (χ4v) is 4.43. The summed E-state index contributed by atoms with van der Waals surface area (Å²) in [5.74, 6) is 0.927. The van der Waals surface area contributed by atoms with Crippen LogP contribution in [0.25, 0.3) is 0 Å². The summed E-state index contributed by atoms with van der Waals surface area (Å²) in [5.41, 5.74) is 9.70. The van der Waals surface area contributed by atoms with Crippen molar-refractivity contribution in [2.24, 2.45) is 11.8 Å². The Balaban J connectivity index is 1.41. The van der Waals surface area contributed by atoms with Crippen LogP contribution in [-0.2, 0) is 6.42 Å². The van der Waals surface area contributed by atoms with Crippen LogP contribution in [0.2, 0.25) is 0 Å². The van der Waals surface area contributed by atoms with Crippen molar-refractivity contribution in [3.05, 3.63) is 59.4 Å². The van der Waals surface area contributed by atoms with Crippen molar-refractivity contribution in [2.75, 3.05) is 18.8 Å². The number of nitrogens with two attached hydrogens (primary N) is 1. The predicted octanol–water partition coefficient (Wildman–Crippen LogP) is 3.49. The van der Waals surface area contributed by atoms with Crippen LogP contribution in [0.3, 0.4) is 0 Å². The van der Waals surface area contributed by atoms with Crippen LogP contribution < -0.4 is 5.73 Å². The van der Waals surface area contributed by atoms with Gasteiger partial charge < -0.3 is 5.73 Å². The fraction of sp³-hybridized carbons (Fsp3) is 0.429. The second-order valence-electron chi connectivity index (χ2n) is 7.40. The van der Waals surface area contributed by atoms with E-state index < -0.39 is 0 Å². The average Bonchev–Trinajstić information content (AvgIpc) is 2.98. The van der Waals surface area contributed by atoms with Crippen LogP contribution in [0, 0.1) is 11.8 Å². The topological polar surface area (TPSA) is 59.2 Å². The van der Waals surface area contributed by atoms with E-state index in [9.17, 15) is 4.79 Å². The zero-order valence-electron chi connectivity index (χ0n) is 14.7. The molecule has 4 heteroatoms. The summed E-state index contributed by atoms with van der Waals surface area (Å²) in [6, 6.07) is 12.2. The van der Waals surface area contributed by atoms with Gasteiger partial charge in [0.25, 0.3) is 0 Å². The summed E-state index contributed by atoms with van der Waals surface area (Å²) in [5, 5.41) is 0. The number of nitrogens with zero attached hydrogens (tertiary/aromatic N) is 2. The first kappa shape index (κ1) is 16.3. The molecule has 25 heavy (non-hydrogen) atoms. The summed E-state index contributed by atoms with van der Waals surface area (Å²) in [7, 11) is 0. The van der Waals surface area contributed by atoms with Gasteiger partial charge in [-0.2, -0.15) is 0 Å². The van der Waals surface area contributed by atoms with E-state index in [-0.39, 0.29) is 5.92 Å². The van der Waals surface area contributed by atoms with Crippen molar-refractivity contribution in [3.63, 3.8) is 0 Å². The van der Waals surface area contributed by atoms with E-state index >= 15 is 0 Å². The minimum Gasteiger partial charge on any atom is -0.399 e. The van der Waals surface area contributed by atoms with E-state index in [1.54, 1.807) is 0 Å². The molecule has 2 unspecified atom stereocenters. The lowest BCUT2D eigenvalue weighted by Crippen LogP contribution is -2.39. The first-order chi connectivity index (χ1) is 12.1. The number of carbonyl (C=O) groups excluding carboxylic acids is 1. The quantitative estimate of drug-likeness (QED) is 0.872. The molecule has 2 aromatic rings. The normalized spacial score (nSPS) is 22.8. The molecule has 2 atom stereocenters. The Morgan fingerprint density at radius 2 is 2.00 bits per heavy atom. The lowest BCUT2D eigenvalue weighted by molar-refractivity contribution is 0.0779. The molecular formula is C21H25N3O. The van der Waals surface area contributed by atoms with Gasteiger partial charge in [0.1, 0.15) is 0 Å². The number of carbonyl (C=O) groups is 1. The molecule has 1 fully saturated rings. The Morgan fingerprint density at radius 3 is 2.72 bits per heavy atom. The number of pyridine rings is 1. The maximum Gasteiger partial charge on any atom is 0.166 e. The van der Waals surface area contributed by atoms with Gasteiger partial charge in [0, 0.05) is 29.4 Å². The highest BCUT2D eigenvalue weighted by molar-refractivity contribution is 6.03. The van der Waals surface area contributed by atoms with Crippen LogP contribution in [-0.4, -0.2) is 28.8 Å². The van der Waals surface area contributed by atoms with Crippen molar-refractivity contribution >= 4 is 11.5 Å². The van der Waals surface area contributed by atoms with Gasteiger partial charge in [-0.15, -0.1) is 0 Å². The standard InChI is InChI=1S/C21H25N3O/c1-14(20-4-2-3-9-23-20)24-10-7-15(8-11-24)18-12-16-5-6-17(22)13-19(16)21(18)25/h2-6,9,13-15,18H,7-8,10-12,22H2,1H3. The molecular weight excluding hydrogens is 310 g/mol. The molecule has 0 bridgehead atoms. The van der Waals surface area contributed by atoms with Gasteiger partial charge in [-0.25, -0.2) is 0 Å². The third-order valence-corrected chi connectivity index (χ3v) is 5.98. The number of ketones is 1. The van der Waals surface area contributed by atoms with Crippen LogP contribution in [0.1, 0.15) is 47.4 Å². The molecule has 130 valence electrons. The maximum absolute atomic E-state index is 12.8.